The van der Waals surface area contributed by atoms with Crippen molar-refractivity contribution in [3.8, 4) is 5.75 Å². The van der Waals surface area contributed by atoms with Gasteiger partial charge in [-0.2, -0.15) is 0 Å². The number of ether oxygens (including phenoxy) is 1. The van der Waals surface area contributed by atoms with Crippen LogP contribution >= 0.6 is 0 Å². The van der Waals surface area contributed by atoms with Crippen molar-refractivity contribution in [1.29, 1.82) is 0 Å². The third-order valence-corrected chi connectivity index (χ3v) is 2.51. The lowest BCUT2D eigenvalue weighted by atomic mass is 10.1. The molecule has 0 saturated heterocycles. The highest BCUT2D eigenvalue weighted by Gasteiger charge is 1.98. The zero-order valence-electron chi connectivity index (χ0n) is 10.7. The molecule has 0 N–H and O–H groups in total. The molecule has 16 heavy (non-hydrogen) atoms. The van der Waals surface area contributed by atoms with Crippen molar-refractivity contribution in [2.45, 2.75) is 26.2 Å². The predicted octanol–water partition coefficient (Wildman–Crippen LogP) is 2.97. The molecule has 2 nitrogen and oxygen atoms in total. The molecule has 0 spiro atoms. The van der Waals surface area contributed by atoms with Gasteiger partial charge >= 0.3 is 0 Å². The first-order valence-electron chi connectivity index (χ1n) is 6.09. The molecule has 0 aliphatic heterocycles. The molecule has 0 atom stereocenters. The van der Waals surface area contributed by atoms with Crippen LogP contribution < -0.4 is 4.74 Å². The first kappa shape index (κ1) is 13.0. The number of hydrogen-bond acceptors (Lipinski definition) is 2. The molecular formula is C14H23NO. The van der Waals surface area contributed by atoms with Crippen molar-refractivity contribution in [2.24, 2.45) is 0 Å². The fourth-order valence-electron chi connectivity index (χ4n) is 1.48. The number of rotatable bonds is 7. The molecule has 1 aromatic rings. The topological polar surface area (TPSA) is 12.5 Å². The third-order valence-electron chi connectivity index (χ3n) is 2.51. The van der Waals surface area contributed by atoms with Crippen LogP contribution in [0.15, 0.2) is 24.3 Å². The number of benzene rings is 1. The summed E-state index contributed by atoms with van der Waals surface area (Å²) in [5.41, 5.74) is 1.35. The van der Waals surface area contributed by atoms with Crippen molar-refractivity contribution in [2.75, 3.05) is 27.2 Å². The molecule has 0 aromatic heterocycles. The Morgan fingerprint density at radius 3 is 2.75 bits per heavy atom. The van der Waals surface area contributed by atoms with Crippen LogP contribution in [-0.2, 0) is 6.42 Å². The molecule has 0 saturated carbocycles. The fourth-order valence-corrected chi connectivity index (χ4v) is 1.48. The number of nitrogens with zero attached hydrogens (tertiary/aromatic N) is 1. The van der Waals surface area contributed by atoms with Crippen LogP contribution in [0.5, 0.6) is 5.75 Å². The van der Waals surface area contributed by atoms with Gasteiger partial charge in [-0.15, -0.1) is 0 Å². The summed E-state index contributed by atoms with van der Waals surface area (Å²) >= 11 is 0. The first-order chi connectivity index (χ1) is 7.72. The molecule has 0 unspecified atom stereocenters. The van der Waals surface area contributed by atoms with E-state index in [4.69, 9.17) is 4.74 Å². The van der Waals surface area contributed by atoms with Crippen LogP contribution in [0.4, 0.5) is 0 Å². The van der Waals surface area contributed by atoms with Crippen LogP contribution in [-0.4, -0.2) is 32.1 Å². The van der Waals surface area contributed by atoms with E-state index in [0.717, 1.165) is 31.7 Å². The summed E-state index contributed by atoms with van der Waals surface area (Å²) in [6, 6.07) is 8.43. The Morgan fingerprint density at radius 2 is 2.06 bits per heavy atom. The van der Waals surface area contributed by atoms with E-state index in [1.54, 1.807) is 0 Å². The fraction of sp³-hybridized carbons (Fsp3) is 0.571. The number of hydrogen-bond donors (Lipinski definition) is 0. The standard InChI is InChI=1S/C14H23NO/c1-4-5-11-16-14-8-6-7-13(12-14)9-10-15(2)3/h6-8,12H,4-5,9-11H2,1-3H3. The highest BCUT2D eigenvalue weighted by Crippen LogP contribution is 2.14. The number of unbranched alkanes of at least 4 members (excludes halogenated alkanes) is 1. The lowest BCUT2D eigenvalue weighted by Gasteiger charge is -2.10. The van der Waals surface area contributed by atoms with Gasteiger partial charge in [-0.1, -0.05) is 25.5 Å². The van der Waals surface area contributed by atoms with E-state index in [1.807, 2.05) is 6.07 Å². The van der Waals surface area contributed by atoms with E-state index < -0.39 is 0 Å². The van der Waals surface area contributed by atoms with E-state index in [9.17, 15) is 0 Å². The maximum Gasteiger partial charge on any atom is 0.119 e. The Bertz CT molecular complexity index is 297. The summed E-state index contributed by atoms with van der Waals surface area (Å²) < 4.78 is 5.68. The van der Waals surface area contributed by atoms with Gasteiger partial charge in [0, 0.05) is 6.54 Å². The molecule has 0 fully saturated rings. The van der Waals surface area contributed by atoms with Crippen LogP contribution in [0.1, 0.15) is 25.3 Å². The van der Waals surface area contributed by atoms with Crippen LogP contribution in [0.25, 0.3) is 0 Å². The maximum absolute atomic E-state index is 5.68. The molecule has 1 rings (SSSR count). The second kappa shape index (κ2) is 7.29. The van der Waals surface area contributed by atoms with Crippen LogP contribution in [0.2, 0.25) is 0 Å². The van der Waals surface area contributed by atoms with Gasteiger partial charge in [0.25, 0.3) is 0 Å². The predicted molar refractivity (Wildman–Crippen MR) is 69.1 cm³/mol. The Kier molecular flexibility index (Phi) is 5.94. The van der Waals surface area contributed by atoms with E-state index in [2.05, 4.69) is 44.1 Å². The second-order valence-corrected chi connectivity index (χ2v) is 4.40. The molecule has 0 aliphatic rings. The summed E-state index contributed by atoms with van der Waals surface area (Å²) in [5.74, 6) is 1.00. The van der Waals surface area contributed by atoms with Crippen molar-refractivity contribution in [3.05, 3.63) is 29.8 Å². The lowest BCUT2D eigenvalue weighted by molar-refractivity contribution is 0.309. The Labute approximate surface area is 99.2 Å². The van der Waals surface area contributed by atoms with Gasteiger partial charge in [0.2, 0.25) is 0 Å². The SMILES string of the molecule is CCCCOc1cccc(CCN(C)C)c1. The third kappa shape index (κ3) is 5.17. The van der Waals surface area contributed by atoms with Gasteiger partial charge in [0.05, 0.1) is 6.61 Å². The quantitative estimate of drug-likeness (QED) is 0.656. The zero-order chi connectivity index (χ0) is 11.8. The van der Waals surface area contributed by atoms with Gasteiger partial charge in [-0.05, 0) is 44.6 Å². The Hall–Kier alpha value is -1.02. The van der Waals surface area contributed by atoms with E-state index >= 15 is 0 Å². The highest BCUT2D eigenvalue weighted by atomic mass is 16.5. The minimum Gasteiger partial charge on any atom is -0.494 e. The highest BCUT2D eigenvalue weighted by molar-refractivity contribution is 5.28. The average molecular weight is 221 g/mol. The summed E-state index contributed by atoms with van der Waals surface area (Å²) in [6.07, 6.45) is 3.39. The molecule has 90 valence electrons. The van der Waals surface area contributed by atoms with Crippen molar-refractivity contribution >= 4 is 0 Å². The van der Waals surface area contributed by atoms with E-state index in [0.29, 0.717) is 0 Å². The Balaban J connectivity index is 2.43. The van der Waals surface area contributed by atoms with Gasteiger partial charge in [0.15, 0.2) is 0 Å². The van der Waals surface area contributed by atoms with Crippen molar-refractivity contribution in [3.63, 3.8) is 0 Å². The molecule has 0 heterocycles. The molecule has 1 aromatic carbocycles. The van der Waals surface area contributed by atoms with Gasteiger partial charge in [0.1, 0.15) is 5.75 Å². The van der Waals surface area contributed by atoms with Crippen LogP contribution in [0, 0.1) is 0 Å². The molecular weight excluding hydrogens is 198 g/mol. The average Bonchev–Trinajstić information content (AvgIpc) is 2.27. The van der Waals surface area contributed by atoms with Crippen molar-refractivity contribution in [1.82, 2.24) is 4.90 Å². The molecule has 0 bridgehead atoms. The largest absolute Gasteiger partial charge is 0.494 e. The van der Waals surface area contributed by atoms with Crippen molar-refractivity contribution < 1.29 is 4.74 Å². The minimum absolute atomic E-state index is 0.827. The Morgan fingerprint density at radius 1 is 1.25 bits per heavy atom. The normalized spacial score (nSPS) is 10.8. The summed E-state index contributed by atoms with van der Waals surface area (Å²) in [5, 5.41) is 0. The van der Waals surface area contributed by atoms with Gasteiger partial charge < -0.3 is 9.64 Å². The van der Waals surface area contributed by atoms with E-state index in [-0.39, 0.29) is 0 Å². The molecule has 0 radical (unpaired) electrons. The van der Waals surface area contributed by atoms with Gasteiger partial charge in [-0.3, -0.25) is 0 Å². The smallest absolute Gasteiger partial charge is 0.119 e. The maximum atomic E-state index is 5.68. The van der Waals surface area contributed by atoms with Gasteiger partial charge in [-0.25, -0.2) is 0 Å². The first-order valence-corrected chi connectivity index (χ1v) is 6.09. The zero-order valence-corrected chi connectivity index (χ0v) is 10.7. The van der Waals surface area contributed by atoms with E-state index in [1.165, 1.54) is 12.0 Å². The summed E-state index contributed by atoms with van der Waals surface area (Å²) in [7, 11) is 4.20. The number of likely N-dealkylation sites (N-methyl/N-ethyl adjacent to an activating group) is 1. The molecule has 2 heteroatoms. The monoisotopic (exact) mass is 221 g/mol. The van der Waals surface area contributed by atoms with Crippen LogP contribution in [0.3, 0.4) is 0 Å². The summed E-state index contributed by atoms with van der Waals surface area (Å²) in [6.45, 7) is 4.09. The molecule has 0 aliphatic carbocycles. The second-order valence-electron chi connectivity index (χ2n) is 4.40. The molecule has 0 amide bonds. The summed E-state index contributed by atoms with van der Waals surface area (Å²) in [4.78, 5) is 2.20. The lowest BCUT2D eigenvalue weighted by Crippen LogP contribution is -2.15. The minimum atomic E-state index is 0.827.